The zero-order valence-corrected chi connectivity index (χ0v) is 13.0. The molecule has 1 unspecified atom stereocenters. The molecule has 0 radical (unpaired) electrons. The van der Waals surface area contributed by atoms with Crippen LogP contribution >= 0.6 is 15.9 Å². The standard InChI is InChI=1S/C13H22BrN3O/c1-4-18-11-6-5-7-17(8-11)9-12-13(14)10(2)15-16(12)3/h11H,4-9H2,1-3H3. The second-order valence-corrected chi connectivity index (χ2v) is 5.72. The molecule has 0 spiro atoms. The quantitative estimate of drug-likeness (QED) is 0.855. The Hall–Kier alpha value is -0.390. The summed E-state index contributed by atoms with van der Waals surface area (Å²) in [7, 11) is 2.01. The highest BCUT2D eigenvalue weighted by molar-refractivity contribution is 9.10. The van der Waals surface area contributed by atoms with Crippen molar-refractivity contribution in [1.82, 2.24) is 14.7 Å². The van der Waals surface area contributed by atoms with Gasteiger partial charge in [-0.1, -0.05) is 0 Å². The maximum atomic E-state index is 5.74. The van der Waals surface area contributed by atoms with Crippen LogP contribution in [0.1, 0.15) is 31.2 Å². The van der Waals surface area contributed by atoms with Gasteiger partial charge in [0.1, 0.15) is 0 Å². The lowest BCUT2D eigenvalue weighted by molar-refractivity contribution is 0.00297. The molecule has 18 heavy (non-hydrogen) atoms. The Bertz CT molecular complexity index is 403. The van der Waals surface area contributed by atoms with Crippen LogP contribution < -0.4 is 0 Å². The van der Waals surface area contributed by atoms with Crippen LogP contribution in [0, 0.1) is 6.92 Å². The van der Waals surface area contributed by atoms with E-state index in [4.69, 9.17) is 4.74 Å². The summed E-state index contributed by atoms with van der Waals surface area (Å²) in [5.41, 5.74) is 2.32. The van der Waals surface area contributed by atoms with E-state index in [0.29, 0.717) is 6.10 Å². The van der Waals surface area contributed by atoms with E-state index >= 15 is 0 Å². The summed E-state index contributed by atoms with van der Waals surface area (Å²) < 4.78 is 8.86. The molecular weight excluding hydrogens is 294 g/mol. The predicted molar refractivity (Wildman–Crippen MR) is 75.6 cm³/mol. The van der Waals surface area contributed by atoms with Gasteiger partial charge in [-0.3, -0.25) is 9.58 Å². The minimum atomic E-state index is 0.400. The normalized spacial score (nSPS) is 21.4. The van der Waals surface area contributed by atoms with Crippen molar-refractivity contribution in [2.45, 2.75) is 39.3 Å². The van der Waals surface area contributed by atoms with E-state index in [1.54, 1.807) is 0 Å². The third kappa shape index (κ3) is 3.13. The van der Waals surface area contributed by atoms with Crippen molar-refractivity contribution in [2.24, 2.45) is 7.05 Å². The molecule has 1 aromatic rings. The van der Waals surface area contributed by atoms with E-state index in [1.807, 2.05) is 18.7 Å². The number of aromatic nitrogens is 2. The third-order valence-electron chi connectivity index (χ3n) is 3.50. The minimum Gasteiger partial charge on any atom is -0.377 e. The highest BCUT2D eigenvalue weighted by atomic mass is 79.9. The molecule has 4 nitrogen and oxygen atoms in total. The van der Waals surface area contributed by atoms with Crippen molar-refractivity contribution in [1.29, 1.82) is 0 Å². The van der Waals surface area contributed by atoms with Crippen LogP contribution in [-0.2, 0) is 18.3 Å². The topological polar surface area (TPSA) is 30.3 Å². The number of ether oxygens (including phenoxy) is 1. The van der Waals surface area contributed by atoms with Gasteiger partial charge in [-0.15, -0.1) is 0 Å². The third-order valence-corrected chi connectivity index (χ3v) is 4.53. The summed E-state index contributed by atoms with van der Waals surface area (Å²) in [5.74, 6) is 0. The van der Waals surface area contributed by atoms with E-state index < -0.39 is 0 Å². The van der Waals surface area contributed by atoms with E-state index in [9.17, 15) is 0 Å². The van der Waals surface area contributed by atoms with Gasteiger partial charge in [0, 0.05) is 26.7 Å². The Labute approximate surface area is 117 Å². The molecule has 1 atom stereocenters. The highest BCUT2D eigenvalue weighted by Gasteiger charge is 2.22. The van der Waals surface area contributed by atoms with Crippen molar-refractivity contribution in [3.63, 3.8) is 0 Å². The molecule has 5 heteroatoms. The summed E-state index contributed by atoms with van der Waals surface area (Å²) in [5, 5.41) is 4.44. The molecule has 1 fully saturated rings. The Morgan fingerprint density at radius 2 is 2.28 bits per heavy atom. The molecule has 102 valence electrons. The monoisotopic (exact) mass is 315 g/mol. The zero-order valence-electron chi connectivity index (χ0n) is 11.4. The van der Waals surface area contributed by atoms with Crippen molar-refractivity contribution in [3.05, 3.63) is 15.9 Å². The Kier molecular flexibility index (Phi) is 4.81. The molecule has 0 saturated carbocycles. The Balaban J connectivity index is 2.00. The number of halogens is 1. The van der Waals surface area contributed by atoms with Gasteiger partial charge in [0.05, 0.1) is 22.0 Å². The maximum Gasteiger partial charge on any atom is 0.0739 e. The van der Waals surface area contributed by atoms with Crippen LogP contribution in [-0.4, -0.2) is 40.5 Å². The van der Waals surface area contributed by atoms with Crippen LogP contribution in [0.5, 0.6) is 0 Å². The van der Waals surface area contributed by atoms with E-state index in [-0.39, 0.29) is 0 Å². The van der Waals surface area contributed by atoms with Gasteiger partial charge in [-0.25, -0.2) is 0 Å². The molecule has 0 bridgehead atoms. The first kappa shape index (κ1) is 14.0. The lowest BCUT2D eigenvalue weighted by atomic mass is 10.1. The molecular formula is C13H22BrN3O. The zero-order chi connectivity index (χ0) is 13.1. The number of hydrogen-bond donors (Lipinski definition) is 0. The lowest BCUT2D eigenvalue weighted by Crippen LogP contribution is -2.39. The smallest absolute Gasteiger partial charge is 0.0739 e. The molecule has 0 aromatic carbocycles. The fourth-order valence-corrected chi connectivity index (χ4v) is 3.05. The van der Waals surface area contributed by atoms with Crippen molar-refractivity contribution in [3.8, 4) is 0 Å². The van der Waals surface area contributed by atoms with Crippen LogP contribution in [0.25, 0.3) is 0 Å². The number of aryl methyl sites for hydroxylation is 2. The Morgan fingerprint density at radius 1 is 1.50 bits per heavy atom. The van der Waals surface area contributed by atoms with E-state index in [0.717, 1.165) is 36.4 Å². The second kappa shape index (κ2) is 6.17. The van der Waals surface area contributed by atoms with Crippen LogP contribution in [0.15, 0.2) is 4.47 Å². The van der Waals surface area contributed by atoms with Gasteiger partial charge in [-0.2, -0.15) is 5.10 Å². The molecule has 2 heterocycles. The van der Waals surface area contributed by atoms with Crippen LogP contribution in [0.3, 0.4) is 0 Å². The average Bonchev–Trinajstić information content (AvgIpc) is 2.57. The average molecular weight is 316 g/mol. The van der Waals surface area contributed by atoms with Crippen molar-refractivity contribution < 1.29 is 4.74 Å². The minimum absolute atomic E-state index is 0.400. The van der Waals surface area contributed by atoms with Crippen LogP contribution in [0.4, 0.5) is 0 Å². The van der Waals surface area contributed by atoms with Gasteiger partial charge < -0.3 is 4.74 Å². The summed E-state index contributed by atoms with van der Waals surface area (Å²) in [6.07, 6.45) is 2.81. The fraction of sp³-hybridized carbons (Fsp3) is 0.769. The first-order valence-corrected chi connectivity index (χ1v) is 7.43. The van der Waals surface area contributed by atoms with Gasteiger partial charge in [0.2, 0.25) is 0 Å². The van der Waals surface area contributed by atoms with Gasteiger partial charge in [0.15, 0.2) is 0 Å². The predicted octanol–water partition coefficient (Wildman–Crippen LogP) is 2.49. The molecule has 1 aliphatic heterocycles. The summed E-state index contributed by atoms with van der Waals surface area (Å²) in [6.45, 7) is 8.05. The molecule has 1 aromatic heterocycles. The molecule has 0 amide bonds. The van der Waals surface area contributed by atoms with Gasteiger partial charge in [-0.05, 0) is 49.2 Å². The maximum absolute atomic E-state index is 5.74. The van der Waals surface area contributed by atoms with E-state index in [2.05, 4.69) is 32.9 Å². The van der Waals surface area contributed by atoms with Gasteiger partial charge in [0.25, 0.3) is 0 Å². The fourth-order valence-electron chi connectivity index (χ4n) is 2.59. The first-order chi connectivity index (χ1) is 8.61. The number of hydrogen-bond acceptors (Lipinski definition) is 3. The number of rotatable bonds is 4. The SMILES string of the molecule is CCOC1CCCN(Cc2c(Br)c(C)nn2C)C1. The molecule has 1 saturated heterocycles. The Morgan fingerprint density at radius 3 is 2.89 bits per heavy atom. The summed E-state index contributed by atoms with van der Waals surface area (Å²) in [6, 6.07) is 0. The molecule has 2 rings (SSSR count). The van der Waals surface area contributed by atoms with E-state index in [1.165, 1.54) is 18.5 Å². The van der Waals surface area contributed by atoms with Crippen molar-refractivity contribution in [2.75, 3.05) is 19.7 Å². The van der Waals surface area contributed by atoms with Crippen molar-refractivity contribution >= 4 is 15.9 Å². The number of nitrogens with zero attached hydrogens (tertiary/aromatic N) is 3. The summed E-state index contributed by atoms with van der Waals surface area (Å²) in [4.78, 5) is 2.46. The van der Waals surface area contributed by atoms with Gasteiger partial charge >= 0.3 is 0 Å². The number of piperidine rings is 1. The van der Waals surface area contributed by atoms with Crippen LogP contribution in [0.2, 0.25) is 0 Å². The molecule has 0 aliphatic carbocycles. The lowest BCUT2D eigenvalue weighted by Gasteiger charge is -2.32. The second-order valence-electron chi connectivity index (χ2n) is 4.92. The first-order valence-electron chi connectivity index (χ1n) is 6.63. The summed E-state index contributed by atoms with van der Waals surface area (Å²) >= 11 is 3.63. The highest BCUT2D eigenvalue weighted by Crippen LogP contribution is 2.23. The molecule has 0 N–H and O–H groups in total. The molecule has 1 aliphatic rings. The largest absolute Gasteiger partial charge is 0.377 e. The number of likely N-dealkylation sites (tertiary alicyclic amines) is 1.